The minimum atomic E-state index is -0.606. The Labute approximate surface area is 265 Å². The van der Waals surface area contributed by atoms with Gasteiger partial charge in [0.05, 0.1) is 48.0 Å². The van der Waals surface area contributed by atoms with Crippen LogP contribution in [0.5, 0.6) is 17.2 Å². The van der Waals surface area contributed by atoms with Gasteiger partial charge in [0, 0.05) is 22.6 Å². The Morgan fingerprint density at radius 3 is 2.02 bits per heavy atom. The summed E-state index contributed by atoms with van der Waals surface area (Å²) in [4.78, 5) is 17.4. The van der Waals surface area contributed by atoms with Gasteiger partial charge in [-0.15, -0.1) is 45.3 Å². The molecule has 0 aromatic carbocycles. The molecule has 6 heterocycles. The van der Waals surface area contributed by atoms with Crippen molar-refractivity contribution < 1.29 is 14.2 Å². The third kappa shape index (κ3) is 4.86. The smallest absolute Gasteiger partial charge is 0.350 e. The number of nitriles is 3. The molecule has 0 atom stereocenters. The number of rotatable bonds is 6. The quantitative estimate of drug-likeness (QED) is 0.102. The van der Waals surface area contributed by atoms with E-state index >= 15 is 0 Å². The van der Waals surface area contributed by atoms with E-state index in [1.165, 1.54) is 22.7 Å². The Hall–Kier alpha value is -4.54. The van der Waals surface area contributed by atoms with E-state index in [-0.39, 0.29) is 11.5 Å². The van der Waals surface area contributed by atoms with Crippen molar-refractivity contribution in [3.05, 3.63) is 41.2 Å². The summed E-state index contributed by atoms with van der Waals surface area (Å²) in [7, 11) is 3.17. The lowest BCUT2D eigenvalue weighted by Crippen LogP contribution is -2.27. The number of aliphatic imine (C=N–C) groups is 2. The van der Waals surface area contributed by atoms with Gasteiger partial charge in [0.25, 0.3) is 0 Å². The van der Waals surface area contributed by atoms with Gasteiger partial charge >= 0.3 is 5.84 Å². The maximum Gasteiger partial charge on any atom is 0.350 e. The highest BCUT2D eigenvalue weighted by atomic mass is 32.1. The van der Waals surface area contributed by atoms with Gasteiger partial charge in [-0.05, 0) is 26.0 Å². The monoisotopic (exact) mass is 656 g/mol. The highest BCUT2D eigenvalue weighted by Crippen LogP contribution is 2.60. The first-order valence-corrected chi connectivity index (χ1v) is 16.3. The summed E-state index contributed by atoms with van der Waals surface area (Å²) in [6.07, 6.45) is 0. The Morgan fingerprint density at radius 1 is 0.814 bits per heavy atom. The van der Waals surface area contributed by atoms with Crippen molar-refractivity contribution in [1.82, 2.24) is 0 Å². The lowest BCUT2D eigenvalue weighted by molar-refractivity contribution is 0.109. The molecule has 14 heteroatoms. The number of thiophene rings is 5. The first kappa shape index (κ1) is 28.6. The number of hydrogen-bond donors (Lipinski definition) is 0. The highest BCUT2D eigenvalue weighted by molar-refractivity contribution is 7.35. The molecule has 0 amide bonds. The molecule has 0 saturated heterocycles. The topological polar surface area (TPSA) is 128 Å². The maximum atomic E-state index is 9.13. The van der Waals surface area contributed by atoms with Gasteiger partial charge in [0.2, 0.25) is 10.7 Å². The predicted molar refractivity (Wildman–Crippen MR) is 174 cm³/mol. The van der Waals surface area contributed by atoms with Gasteiger partial charge < -0.3 is 19.1 Å². The molecular formula is C29H16N6O3S5. The lowest BCUT2D eigenvalue weighted by Gasteiger charge is -2.31. The summed E-state index contributed by atoms with van der Waals surface area (Å²) < 4.78 is 20.0. The molecule has 0 aliphatic carbocycles. The van der Waals surface area contributed by atoms with Crippen LogP contribution in [-0.4, -0.2) is 25.8 Å². The van der Waals surface area contributed by atoms with Crippen molar-refractivity contribution in [2.45, 2.75) is 19.4 Å². The number of fused-ring (bicyclic) bond motifs is 5. The average molecular weight is 657 g/mol. The average Bonchev–Trinajstić information content (AvgIpc) is 3.81. The van der Waals surface area contributed by atoms with Crippen LogP contribution in [0.2, 0.25) is 0 Å². The van der Waals surface area contributed by atoms with Gasteiger partial charge in [-0.1, -0.05) is 22.9 Å². The van der Waals surface area contributed by atoms with Crippen molar-refractivity contribution >= 4 is 87.6 Å². The number of hydrogen-bond acceptors (Lipinski definition) is 13. The molecule has 210 valence electrons. The second-order valence-corrected chi connectivity index (χ2v) is 14.6. The molecule has 1 aliphatic rings. The Morgan fingerprint density at radius 2 is 1.44 bits per heavy atom. The minimum Gasteiger partial charge on any atom is -0.495 e. The molecular weight excluding hydrogens is 641 g/mol. The number of ether oxygens (including phenoxy) is 3. The van der Waals surface area contributed by atoms with Crippen LogP contribution in [0.1, 0.15) is 19.4 Å². The van der Waals surface area contributed by atoms with Crippen molar-refractivity contribution in [3.8, 4) is 64.7 Å². The fourth-order valence-electron chi connectivity index (χ4n) is 4.50. The molecule has 0 bridgehead atoms. The molecule has 9 nitrogen and oxygen atoms in total. The van der Waals surface area contributed by atoms with E-state index in [4.69, 9.17) is 36.6 Å². The molecule has 0 N–H and O–H groups in total. The zero-order valence-electron chi connectivity index (χ0n) is 22.8. The molecule has 43 heavy (non-hydrogen) atoms. The van der Waals surface area contributed by atoms with Crippen LogP contribution in [0.25, 0.3) is 43.5 Å². The van der Waals surface area contributed by atoms with Crippen molar-refractivity contribution in [2.24, 2.45) is 9.98 Å². The van der Waals surface area contributed by atoms with Gasteiger partial charge in [-0.25, -0.2) is 10.3 Å². The van der Waals surface area contributed by atoms with E-state index < -0.39 is 5.60 Å². The minimum absolute atomic E-state index is 0.211. The van der Waals surface area contributed by atoms with E-state index in [9.17, 15) is 0 Å². The molecule has 1 aliphatic heterocycles. The fourth-order valence-corrected chi connectivity index (χ4v) is 10.7. The summed E-state index contributed by atoms with van der Waals surface area (Å²) >= 11 is 7.65. The molecule has 0 radical (unpaired) electrons. The first-order valence-electron chi connectivity index (χ1n) is 12.2. The summed E-state index contributed by atoms with van der Waals surface area (Å²) in [5, 5.41) is 28.4. The van der Waals surface area contributed by atoms with E-state index in [2.05, 4.69) is 27.0 Å². The summed E-state index contributed by atoms with van der Waals surface area (Å²) in [5.41, 5.74) is 0.253. The third-order valence-corrected chi connectivity index (χ3v) is 12.4. The van der Waals surface area contributed by atoms with E-state index in [0.29, 0.717) is 21.5 Å². The third-order valence-electron chi connectivity index (χ3n) is 6.38. The van der Waals surface area contributed by atoms with Gasteiger partial charge in [-0.3, -0.25) is 0 Å². The summed E-state index contributed by atoms with van der Waals surface area (Å²) in [5.74, 6) is 1.87. The van der Waals surface area contributed by atoms with Crippen LogP contribution in [0.15, 0.2) is 34.3 Å². The van der Waals surface area contributed by atoms with Crippen LogP contribution in [-0.2, 0) is 5.60 Å². The zero-order valence-corrected chi connectivity index (χ0v) is 26.8. The van der Waals surface area contributed by atoms with Crippen LogP contribution in [0.3, 0.4) is 0 Å². The SMILES string of the molecule is [C-]#[N+]C(C#N)=Nc1cc(OC)c(-c2cc3sc4c(c3s2)OC(C)(C)c2cc(-c3sc(N=C(C#N)C#N)cc3OC)sc2-4)s1. The van der Waals surface area contributed by atoms with Crippen LogP contribution < -0.4 is 14.2 Å². The molecule has 0 spiro atoms. The summed E-state index contributed by atoms with van der Waals surface area (Å²) in [6.45, 7) is 11.2. The Balaban J connectivity index is 1.44. The van der Waals surface area contributed by atoms with Crippen molar-refractivity contribution in [3.63, 3.8) is 0 Å². The molecule has 5 aromatic rings. The largest absolute Gasteiger partial charge is 0.495 e. The highest BCUT2D eigenvalue weighted by Gasteiger charge is 2.38. The second kappa shape index (κ2) is 10.9. The second-order valence-electron chi connectivity index (χ2n) is 9.34. The van der Waals surface area contributed by atoms with Crippen LogP contribution >= 0.6 is 56.7 Å². The van der Waals surface area contributed by atoms with E-state index in [0.717, 1.165) is 50.0 Å². The fraction of sp³-hybridized carbons (Fsp3) is 0.172. The molecule has 6 rings (SSSR count). The molecule has 0 saturated carbocycles. The van der Waals surface area contributed by atoms with Crippen LogP contribution in [0, 0.1) is 40.6 Å². The number of nitrogens with zero attached hydrogens (tertiary/aromatic N) is 6. The van der Waals surface area contributed by atoms with Crippen molar-refractivity contribution in [1.29, 1.82) is 15.8 Å². The number of amidine groups is 1. The Kier molecular flexibility index (Phi) is 7.27. The standard InChI is InChI=1S/C29H16N6O3S5/c1-29(2)14-6-17(25-15(36-4)7-21(42-25)34-13(10-30)11-31)39-24(14)28-23(38-29)27-19(41-28)9-18(40-27)26-16(37-5)8-22(43-26)35-20(12-32)33-3/h6-9H,1-2,4-5H3. The van der Waals surface area contributed by atoms with E-state index in [1.54, 1.807) is 78.6 Å². The molecule has 0 fully saturated rings. The van der Waals surface area contributed by atoms with Gasteiger partial charge in [0.15, 0.2) is 5.75 Å². The number of methoxy groups -OCH3 is 2. The lowest BCUT2D eigenvalue weighted by atomic mass is 9.95. The Bertz CT molecular complexity index is 2150. The molecule has 5 aromatic heterocycles. The van der Waals surface area contributed by atoms with Gasteiger partial charge in [-0.2, -0.15) is 10.5 Å². The normalized spacial score (nSPS) is 13.1. The predicted octanol–water partition coefficient (Wildman–Crippen LogP) is 9.39. The van der Waals surface area contributed by atoms with Gasteiger partial charge in [0.1, 0.15) is 40.3 Å². The first-order chi connectivity index (χ1) is 20.7. The summed E-state index contributed by atoms with van der Waals surface area (Å²) in [6, 6.07) is 13.1. The van der Waals surface area contributed by atoms with E-state index in [1.807, 2.05) is 13.8 Å². The zero-order chi connectivity index (χ0) is 30.5. The molecule has 0 unspecified atom stereocenters. The maximum absolute atomic E-state index is 9.13. The van der Waals surface area contributed by atoms with Crippen LogP contribution in [0.4, 0.5) is 10.0 Å². The van der Waals surface area contributed by atoms with Crippen molar-refractivity contribution in [2.75, 3.05) is 14.2 Å².